The van der Waals surface area contributed by atoms with Crippen molar-refractivity contribution in [3.8, 4) is 0 Å². The number of hydrogen-bond acceptors (Lipinski definition) is 3. The summed E-state index contributed by atoms with van der Waals surface area (Å²) in [7, 11) is 0. The Balaban J connectivity index is 1.13. The van der Waals surface area contributed by atoms with Crippen molar-refractivity contribution >= 4 is 5.97 Å². The Hall–Kier alpha value is -0.830. The molecule has 0 aromatic rings. The van der Waals surface area contributed by atoms with Gasteiger partial charge in [-0.05, 0) is 110 Å². The third-order valence-corrected chi connectivity index (χ3v) is 16.8. The lowest BCUT2D eigenvalue weighted by Gasteiger charge is -2.71. The molecule has 5 rings (SSSR count). The Morgan fingerprint density at radius 1 is 0.735 bits per heavy atom. The van der Waals surface area contributed by atoms with E-state index in [4.69, 9.17) is 4.74 Å². The van der Waals surface area contributed by atoms with Crippen molar-refractivity contribution in [2.24, 2.45) is 50.2 Å². The highest BCUT2D eigenvalue weighted by Crippen LogP contribution is 2.75. The molecule has 5 aliphatic rings. The van der Waals surface area contributed by atoms with Crippen molar-refractivity contribution < 1.29 is 14.6 Å². The number of carbonyl (C=O) groups excluding carboxylic acids is 1. The van der Waals surface area contributed by atoms with E-state index in [-0.39, 0.29) is 39.1 Å². The molecule has 0 aromatic heterocycles. The Kier molecular flexibility index (Phi) is 12.6. The number of aliphatic hydroxyl groups excluding tert-OH is 1. The van der Waals surface area contributed by atoms with Crippen molar-refractivity contribution in [1.82, 2.24) is 0 Å². The zero-order valence-electron chi connectivity index (χ0n) is 33.8. The minimum Gasteiger partial charge on any atom is -0.462 e. The van der Waals surface area contributed by atoms with E-state index in [9.17, 15) is 9.90 Å². The van der Waals surface area contributed by atoms with Crippen LogP contribution in [0.4, 0.5) is 0 Å². The molecular weight excluding hydrogens is 601 g/mol. The van der Waals surface area contributed by atoms with Crippen LogP contribution in [0.2, 0.25) is 0 Å². The van der Waals surface area contributed by atoms with Gasteiger partial charge in [0, 0.05) is 23.9 Å². The van der Waals surface area contributed by atoms with Gasteiger partial charge in [0.05, 0.1) is 0 Å². The molecule has 4 fully saturated rings. The highest BCUT2D eigenvalue weighted by Gasteiger charge is 2.68. The SMILES string of the molecule is CCCCCCCCCCCCCCCC(=O)O[C@@H]1CC[C@]2(C)[C@H](CC[C@@]3(C)[C@H]2CC=C2[C@H]4CC(C)(C)CC[C@@]4(CO)CC[C@@]23C)C1(C)C. The summed E-state index contributed by atoms with van der Waals surface area (Å²) in [5.41, 5.74) is 2.93. The Bertz CT molecular complexity index is 1140. The van der Waals surface area contributed by atoms with Gasteiger partial charge >= 0.3 is 5.97 Å². The fraction of sp³-hybridized carbons (Fsp3) is 0.935. The smallest absolute Gasteiger partial charge is 0.306 e. The summed E-state index contributed by atoms with van der Waals surface area (Å²) in [5.74, 6) is 1.82. The number of hydrogen-bond donors (Lipinski definition) is 1. The van der Waals surface area contributed by atoms with Crippen LogP contribution in [0.3, 0.4) is 0 Å². The Labute approximate surface area is 304 Å². The van der Waals surface area contributed by atoms with Crippen LogP contribution < -0.4 is 0 Å². The fourth-order valence-corrected chi connectivity index (χ4v) is 13.3. The van der Waals surface area contributed by atoms with Gasteiger partial charge in [0.2, 0.25) is 0 Å². The summed E-state index contributed by atoms with van der Waals surface area (Å²) in [5, 5.41) is 10.8. The van der Waals surface area contributed by atoms with Gasteiger partial charge in [-0.3, -0.25) is 4.79 Å². The van der Waals surface area contributed by atoms with Crippen LogP contribution in [0.5, 0.6) is 0 Å². The second kappa shape index (κ2) is 15.6. The molecule has 0 bridgehead atoms. The van der Waals surface area contributed by atoms with Gasteiger partial charge in [-0.15, -0.1) is 0 Å². The standard InChI is InChI=1S/C46H80O3/c1-9-10-11-12-13-14-15-16-17-18-19-20-21-22-40(48)49-39-26-27-43(6)37(42(39,4)5)25-28-45(8)38(43)24-23-35-36-33-41(2,3)29-31-46(36,34-47)32-30-44(35,45)7/h23,36-39,47H,9-22,24-34H2,1-8H3/t36-,37-,38+,39-,43-,44+,45+,46+/m1/s1. The topological polar surface area (TPSA) is 46.5 Å². The van der Waals surface area contributed by atoms with Gasteiger partial charge in [0.25, 0.3) is 0 Å². The Morgan fingerprint density at radius 2 is 1.33 bits per heavy atom. The van der Waals surface area contributed by atoms with E-state index in [1.807, 2.05) is 0 Å². The monoisotopic (exact) mass is 681 g/mol. The number of allylic oxidation sites excluding steroid dienone is 2. The highest BCUT2D eigenvalue weighted by molar-refractivity contribution is 5.69. The molecule has 0 spiro atoms. The summed E-state index contributed by atoms with van der Waals surface area (Å²) < 4.78 is 6.40. The van der Waals surface area contributed by atoms with Gasteiger partial charge in [-0.2, -0.15) is 0 Å². The van der Waals surface area contributed by atoms with Crippen molar-refractivity contribution in [2.45, 2.75) is 216 Å². The number of ether oxygens (including phenoxy) is 1. The Morgan fingerprint density at radius 3 is 1.94 bits per heavy atom. The van der Waals surface area contributed by atoms with E-state index in [1.165, 1.54) is 128 Å². The van der Waals surface area contributed by atoms with Gasteiger partial charge in [0.15, 0.2) is 0 Å². The minimum absolute atomic E-state index is 0.00309. The molecule has 0 amide bonds. The van der Waals surface area contributed by atoms with Crippen molar-refractivity contribution in [1.29, 1.82) is 0 Å². The van der Waals surface area contributed by atoms with Crippen molar-refractivity contribution in [3.05, 3.63) is 11.6 Å². The van der Waals surface area contributed by atoms with E-state index >= 15 is 0 Å². The maximum absolute atomic E-state index is 13.2. The van der Waals surface area contributed by atoms with Crippen LogP contribution in [-0.4, -0.2) is 23.8 Å². The third kappa shape index (κ3) is 7.65. The molecule has 3 nitrogen and oxygen atoms in total. The van der Waals surface area contributed by atoms with E-state index in [1.54, 1.807) is 5.57 Å². The number of aliphatic hydroxyl groups is 1. The first-order valence-corrected chi connectivity index (χ1v) is 21.7. The van der Waals surface area contributed by atoms with E-state index in [2.05, 4.69) is 61.5 Å². The van der Waals surface area contributed by atoms with Gasteiger partial charge < -0.3 is 9.84 Å². The predicted molar refractivity (Wildman–Crippen MR) is 206 cm³/mol. The molecule has 3 heteroatoms. The lowest BCUT2D eigenvalue weighted by molar-refractivity contribution is -0.213. The molecular formula is C46H80O3. The van der Waals surface area contributed by atoms with Crippen LogP contribution in [0, 0.1) is 50.2 Å². The maximum atomic E-state index is 13.2. The largest absolute Gasteiger partial charge is 0.462 e. The fourth-order valence-electron chi connectivity index (χ4n) is 13.3. The van der Waals surface area contributed by atoms with Gasteiger partial charge in [0.1, 0.15) is 6.10 Å². The molecule has 1 N–H and O–H groups in total. The highest BCUT2D eigenvalue weighted by atomic mass is 16.5. The molecule has 0 unspecified atom stereocenters. The van der Waals surface area contributed by atoms with Crippen LogP contribution >= 0.6 is 0 Å². The van der Waals surface area contributed by atoms with Crippen molar-refractivity contribution in [3.63, 3.8) is 0 Å². The first-order chi connectivity index (χ1) is 23.2. The van der Waals surface area contributed by atoms with Crippen LogP contribution in [0.25, 0.3) is 0 Å². The summed E-state index contributed by atoms with van der Waals surface area (Å²) >= 11 is 0. The van der Waals surface area contributed by atoms with E-state index < -0.39 is 0 Å². The first-order valence-electron chi connectivity index (χ1n) is 21.7. The zero-order valence-corrected chi connectivity index (χ0v) is 33.8. The predicted octanol–water partition coefficient (Wildman–Crippen LogP) is 13.2. The summed E-state index contributed by atoms with van der Waals surface area (Å²) in [6.45, 7) is 20.4. The molecule has 8 atom stereocenters. The number of unbranched alkanes of at least 4 members (excludes halogenated alkanes) is 12. The molecule has 0 aliphatic heterocycles. The van der Waals surface area contributed by atoms with Crippen LogP contribution in [-0.2, 0) is 9.53 Å². The quantitative estimate of drug-likeness (QED) is 0.100. The van der Waals surface area contributed by atoms with Gasteiger partial charge in [-0.1, -0.05) is 144 Å². The first kappa shape index (κ1) is 39.4. The van der Waals surface area contributed by atoms with Crippen LogP contribution in [0.15, 0.2) is 11.6 Å². The lowest BCUT2D eigenvalue weighted by atomic mass is 9.33. The molecule has 0 radical (unpaired) electrons. The lowest BCUT2D eigenvalue weighted by Crippen LogP contribution is -2.65. The molecule has 282 valence electrons. The average Bonchev–Trinajstić information content (AvgIpc) is 3.05. The van der Waals surface area contributed by atoms with E-state index in [0.717, 1.165) is 19.3 Å². The number of carbonyl (C=O) groups is 1. The molecule has 49 heavy (non-hydrogen) atoms. The molecule has 0 saturated heterocycles. The molecule has 0 aromatic carbocycles. The molecule has 4 saturated carbocycles. The maximum Gasteiger partial charge on any atom is 0.306 e. The second-order valence-corrected chi connectivity index (χ2v) is 20.6. The minimum atomic E-state index is -0.00309. The van der Waals surface area contributed by atoms with Crippen molar-refractivity contribution in [2.75, 3.05) is 6.61 Å². The summed E-state index contributed by atoms with van der Waals surface area (Å²) in [4.78, 5) is 13.2. The normalized spacial score (nSPS) is 39.2. The summed E-state index contributed by atoms with van der Waals surface area (Å²) in [6.07, 6.45) is 32.6. The number of rotatable bonds is 16. The molecule has 5 aliphatic carbocycles. The second-order valence-electron chi connectivity index (χ2n) is 20.6. The number of esters is 1. The summed E-state index contributed by atoms with van der Waals surface area (Å²) in [6, 6.07) is 0. The number of fused-ring (bicyclic) bond motifs is 7. The average molecular weight is 681 g/mol. The van der Waals surface area contributed by atoms with E-state index in [0.29, 0.717) is 36.2 Å². The van der Waals surface area contributed by atoms with Crippen LogP contribution in [0.1, 0.15) is 209 Å². The van der Waals surface area contributed by atoms with Gasteiger partial charge in [-0.25, -0.2) is 0 Å². The molecule has 0 heterocycles. The zero-order chi connectivity index (χ0) is 35.6. The third-order valence-electron chi connectivity index (χ3n) is 16.8.